The van der Waals surface area contributed by atoms with E-state index in [1.165, 1.54) is 29.2 Å². The summed E-state index contributed by atoms with van der Waals surface area (Å²) in [6.45, 7) is 4.64. The van der Waals surface area contributed by atoms with E-state index in [9.17, 15) is 19.1 Å². The Hall–Kier alpha value is -3.03. The van der Waals surface area contributed by atoms with Gasteiger partial charge in [0.25, 0.3) is 11.7 Å². The summed E-state index contributed by atoms with van der Waals surface area (Å²) in [6, 6.07) is 13.8. The molecule has 0 bridgehead atoms. The smallest absolute Gasteiger partial charge is 0.295 e. The molecule has 7 heteroatoms. The minimum absolute atomic E-state index is 0.0431. The van der Waals surface area contributed by atoms with Crippen LogP contribution in [0.2, 0.25) is 0 Å². The molecule has 6 nitrogen and oxygen atoms in total. The maximum atomic E-state index is 13.3. The summed E-state index contributed by atoms with van der Waals surface area (Å²) >= 11 is 0. The number of ketones is 1. The minimum Gasteiger partial charge on any atom is -0.507 e. The zero-order chi connectivity index (χ0) is 21.8. The molecule has 2 aliphatic heterocycles. The van der Waals surface area contributed by atoms with Crippen LogP contribution in [0.4, 0.5) is 4.39 Å². The number of halogens is 1. The van der Waals surface area contributed by atoms with E-state index in [-0.39, 0.29) is 11.3 Å². The van der Waals surface area contributed by atoms with Crippen LogP contribution in [0.5, 0.6) is 0 Å². The van der Waals surface area contributed by atoms with Crippen molar-refractivity contribution in [3.05, 3.63) is 77.1 Å². The molecule has 2 saturated heterocycles. The number of nitrogens with zero attached hydrogens (tertiary/aromatic N) is 1. The summed E-state index contributed by atoms with van der Waals surface area (Å²) < 4.78 is 18.7. The summed E-state index contributed by atoms with van der Waals surface area (Å²) in [5.41, 5.74) is 1.10. The second kappa shape index (κ2) is 9.41. The van der Waals surface area contributed by atoms with Crippen LogP contribution >= 0.6 is 0 Å². The van der Waals surface area contributed by atoms with Gasteiger partial charge in [-0.1, -0.05) is 30.3 Å². The number of morpholine rings is 1. The maximum Gasteiger partial charge on any atom is 0.295 e. The summed E-state index contributed by atoms with van der Waals surface area (Å²) in [5.74, 6) is -2.06. The zero-order valence-corrected chi connectivity index (χ0v) is 17.2. The minimum atomic E-state index is -0.714. The van der Waals surface area contributed by atoms with Gasteiger partial charge in [-0.25, -0.2) is 4.39 Å². The number of hydrogen-bond acceptors (Lipinski definition) is 4. The third-order valence-electron chi connectivity index (χ3n) is 5.90. The van der Waals surface area contributed by atoms with Crippen LogP contribution in [0.1, 0.15) is 23.6 Å². The summed E-state index contributed by atoms with van der Waals surface area (Å²) in [5, 5.41) is 10.9. The Labute approximate surface area is 180 Å². The molecule has 0 radical (unpaired) electrons. The van der Waals surface area contributed by atoms with E-state index in [2.05, 4.69) is 0 Å². The lowest BCUT2D eigenvalue weighted by atomic mass is 9.95. The highest BCUT2D eigenvalue weighted by molar-refractivity contribution is 6.46. The van der Waals surface area contributed by atoms with Gasteiger partial charge < -0.3 is 19.6 Å². The molecule has 1 atom stereocenters. The number of benzene rings is 2. The van der Waals surface area contributed by atoms with Crippen LogP contribution in [0.3, 0.4) is 0 Å². The van der Waals surface area contributed by atoms with E-state index in [1.54, 1.807) is 4.90 Å². The standard InChI is InChI=1S/C24H25FN2O4/c25-19-9-7-18(8-10-19)22(28)20-21(17-5-2-1-3-6-17)27(24(30)23(20)29)12-4-11-26-13-15-31-16-14-26/h1-3,5-10,21,28H,4,11-16H2/p+1/t21-/m1/s1. The topological polar surface area (TPSA) is 71.3 Å². The van der Waals surface area contributed by atoms with Gasteiger partial charge >= 0.3 is 0 Å². The van der Waals surface area contributed by atoms with Gasteiger partial charge in [-0.15, -0.1) is 0 Å². The van der Waals surface area contributed by atoms with Crippen LogP contribution in [0.25, 0.3) is 5.76 Å². The molecule has 0 aliphatic carbocycles. The van der Waals surface area contributed by atoms with Crippen molar-refractivity contribution in [1.82, 2.24) is 4.90 Å². The van der Waals surface area contributed by atoms with Crippen molar-refractivity contribution < 1.29 is 28.7 Å². The van der Waals surface area contributed by atoms with E-state index in [1.807, 2.05) is 30.3 Å². The maximum absolute atomic E-state index is 13.3. The summed E-state index contributed by atoms with van der Waals surface area (Å²) in [6.07, 6.45) is 0.738. The van der Waals surface area contributed by atoms with Gasteiger partial charge in [0, 0.05) is 18.5 Å². The van der Waals surface area contributed by atoms with E-state index in [0.29, 0.717) is 12.1 Å². The molecule has 2 aromatic carbocycles. The monoisotopic (exact) mass is 425 g/mol. The second-order valence-corrected chi connectivity index (χ2v) is 7.88. The molecule has 0 saturated carbocycles. The highest BCUT2D eigenvalue weighted by Crippen LogP contribution is 2.39. The molecule has 2 heterocycles. The lowest BCUT2D eigenvalue weighted by molar-refractivity contribution is -0.908. The third kappa shape index (κ3) is 4.52. The molecular weight excluding hydrogens is 399 g/mol. The van der Waals surface area contributed by atoms with Crippen LogP contribution in [0.15, 0.2) is 60.2 Å². The number of hydrogen-bond donors (Lipinski definition) is 2. The number of nitrogens with one attached hydrogen (secondary N) is 1. The van der Waals surface area contributed by atoms with Crippen LogP contribution in [0, 0.1) is 5.82 Å². The zero-order valence-electron chi connectivity index (χ0n) is 17.2. The van der Waals surface area contributed by atoms with Crippen LogP contribution < -0.4 is 4.90 Å². The van der Waals surface area contributed by atoms with Gasteiger partial charge in [-0.2, -0.15) is 0 Å². The predicted molar refractivity (Wildman–Crippen MR) is 113 cm³/mol. The molecule has 0 aromatic heterocycles. The first-order chi connectivity index (χ1) is 15.1. The number of aliphatic hydroxyl groups is 1. The Morgan fingerprint density at radius 2 is 1.74 bits per heavy atom. The Balaban J connectivity index is 1.64. The Kier molecular flexibility index (Phi) is 6.44. The molecule has 2 N–H and O–H groups in total. The summed E-state index contributed by atoms with van der Waals surface area (Å²) in [4.78, 5) is 28.8. The lowest BCUT2D eigenvalue weighted by Crippen LogP contribution is -3.14. The number of carbonyl (C=O) groups excluding carboxylic acids is 2. The van der Waals surface area contributed by atoms with Crippen molar-refractivity contribution in [2.24, 2.45) is 0 Å². The van der Waals surface area contributed by atoms with E-state index < -0.39 is 23.5 Å². The number of aliphatic hydroxyl groups excluding tert-OH is 1. The van der Waals surface area contributed by atoms with Gasteiger partial charge in [0.1, 0.15) is 24.7 Å². The molecule has 162 valence electrons. The molecule has 1 amide bonds. The van der Waals surface area contributed by atoms with Gasteiger partial charge in [-0.05, 0) is 29.8 Å². The molecule has 0 unspecified atom stereocenters. The fourth-order valence-corrected chi connectivity index (χ4v) is 4.27. The molecule has 2 aromatic rings. The Morgan fingerprint density at radius 1 is 1.06 bits per heavy atom. The number of Topliss-reactive ketones (excluding diaryl/α,β-unsaturated/α-hetero) is 1. The summed E-state index contributed by atoms with van der Waals surface area (Å²) in [7, 11) is 0. The quantitative estimate of drug-likeness (QED) is 0.419. The number of amides is 1. The van der Waals surface area contributed by atoms with Gasteiger partial charge in [0.15, 0.2) is 0 Å². The predicted octanol–water partition coefficient (Wildman–Crippen LogP) is 1.55. The van der Waals surface area contributed by atoms with Crippen molar-refractivity contribution in [1.29, 1.82) is 0 Å². The average molecular weight is 425 g/mol. The molecule has 31 heavy (non-hydrogen) atoms. The first kappa shape index (κ1) is 21.2. The van der Waals surface area contributed by atoms with Crippen molar-refractivity contribution in [3.63, 3.8) is 0 Å². The van der Waals surface area contributed by atoms with Gasteiger partial charge in [0.05, 0.1) is 31.4 Å². The number of quaternary nitrogens is 1. The number of rotatable bonds is 6. The van der Waals surface area contributed by atoms with E-state index in [4.69, 9.17) is 4.74 Å². The highest BCUT2D eigenvalue weighted by atomic mass is 19.1. The van der Waals surface area contributed by atoms with Crippen molar-refractivity contribution in [2.75, 3.05) is 39.4 Å². The Morgan fingerprint density at radius 3 is 2.42 bits per heavy atom. The number of carbonyl (C=O) groups is 2. The van der Waals surface area contributed by atoms with Crippen molar-refractivity contribution in [3.8, 4) is 0 Å². The fourth-order valence-electron chi connectivity index (χ4n) is 4.27. The van der Waals surface area contributed by atoms with Gasteiger partial charge in [-0.3, -0.25) is 9.59 Å². The second-order valence-electron chi connectivity index (χ2n) is 7.88. The molecule has 2 fully saturated rings. The third-order valence-corrected chi connectivity index (χ3v) is 5.90. The SMILES string of the molecule is O=C1C(=O)N(CCC[NH+]2CCOCC2)[C@H](c2ccccc2)C1=C(O)c1ccc(F)cc1. The first-order valence-electron chi connectivity index (χ1n) is 10.6. The van der Waals surface area contributed by atoms with Crippen LogP contribution in [-0.4, -0.2) is 61.1 Å². The number of likely N-dealkylation sites (tertiary alicyclic amines) is 1. The lowest BCUT2D eigenvalue weighted by Gasteiger charge is -2.27. The van der Waals surface area contributed by atoms with E-state index in [0.717, 1.165) is 44.8 Å². The van der Waals surface area contributed by atoms with Gasteiger partial charge in [0.2, 0.25) is 0 Å². The highest BCUT2D eigenvalue weighted by Gasteiger charge is 2.45. The molecule has 0 spiro atoms. The molecule has 4 rings (SSSR count). The van der Waals surface area contributed by atoms with Crippen molar-refractivity contribution in [2.45, 2.75) is 12.5 Å². The largest absolute Gasteiger partial charge is 0.507 e. The average Bonchev–Trinajstić information content (AvgIpc) is 3.05. The fraction of sp³-hybridized carbons (Fsp3) is 0.333. The van der Waals surface area contributed by atoms with Crippen molar-refractivity contribution >= 4 is 17.4 Å². The first-order valence-corrected chi connectivity index (χ1v) is 10.6. The molecular formula is C24H26FN2O4+. The Bertz CT molecular complexity index is 969. The van der Waals surface area contributed by atoms with E-state index >= 15 is 0 Å². The van der Waals surface area contributed by atoms with Crippen LogP contribution in [-0.2, 0) is 14.3 Å². The normalized spacial score (nSPS) is 21.6. The number of ether oxygens (including phenoxy) is 1. The molecule has 2 aliphatic rings.